The molecule has 0 aliphatic rings. The highest BCUT2D eigenvalue weighted by Crippen LogP contribution is 2.32. The zero-order chi connectivity index (χ0) is 15.4. The number of hydrogen-bond donors (Lipinski definition) is 2. The predicted octanol–water partition coefficient (Wildman–Crippen LogP) is 3.18. The summed E-state index contributed by atoms with van der Waals surface area (Å²) in [7, 11) is 0. The summed E-state index contributed by atoms with van der Waals surface area (Å²) in [6.07, 6.45) is 0. The van der Waals surface area contributed by atoms with Crippen molar-refractivity contribution in [3.63, 3.8) is 0 Å². The van der Waals surface area contributed by atoms with Crippen molar-refractivity contribution < 1.29 is 4.79 Å². The molecule has 0 unspecified atom stereocenters. The SMILES string of the molecule is CCNC(=O)c1ccc(N)c(Sc2cc(C)cc(C)n2)c1. The number of carbonyl (C=O) groups is 1. The number of aryl methyl sites for hydroxylation is 2. The van der Waals surface area contributed by atoms with Crippen LogP contribution in [0.1, 0.15) is 28.5 Å². The van der Waals surface area contributed by atoms with Gasteiger partial charge in [-0.15, -0.1) is 0 Å². The van der Waals surface area contributed by atoms with Gasteiger partial charge in [-0.05, 0) is 56.7 Å². The maximum atomic E-state index is 11.9. The second-order valence-corrected chi connectivity index (χ2v) is 5.90. The first-order valence-corrected chi connectivity index (χ1v) is 7.62. The number of carbonyl (C=O) groups excluding carboxylic acids is 1. The van der Waals surface area contributed by atoms with Crippen LogP contribution in [0.25, 0.3) is 0 Å². The van der Waals surface area contributed by atoms with Gasteiger partial charge in [0.15, 0.2) is 0 Å². The summed E-state index contributed by atoms with van der Waals surface area (Å²) in [6.45, 7) is 6.49. The van der Waals surface area contributed by atoms with Crippen molar-refractivity contribution in [2.75, 3.05) is 12.3 Å². The van der Waals surface area contributed by atoms with Gasteiger partial charge in [-0.2, -0.15) is 0 Å². The number of aromatic nitrogens is 1. The molecule has 0 saturated heterocycles. The highest BCUT2D eigenvalue weighted by molar-refractivity contribution is 7.99. The van der Waals surface area contributed by atoms with E-state index in [1.165, 1.54) is 11.8 Å². The van der Waals surface area contributed by atoms with Gasteiger partial charge >= 0.3 is 0 Å². The number of amides is 1. The highest BCUT2D eigenvalue weighted by Gasteiger charge is 2.10. The largest absolute Gasteiger partial charge is 0.398 e. The molecular formula is C16H19N3OS. The monoisotopic (exact) mass is 301 g/mol. The summed E-state index contributed by atoms with van der Waals surface area (Å²) < 4.78 is 0. The normalized spacial score (nSPS) is 10.4. The fourth-order valence-electron chi connectivity index (χ4n) is 2.00. The lowest BCUT2D eigenvalue weighted by Gasteiger charge is -2.09. The first kappa shape index (κ1) is 15.4. The number of nitrogen functional groups attached to an aromatic ring is 1. The molecule has 0 aliphatic carbocycles. The molecular weight excluding hydrogens is 282 g/mol. The van der Waals surface area contributed by atoms with Gasteiger partial charge in [0, 0.05) is 28.4 Å². The summed E-state index contributed by atoms with van der Waals surface area (Å²) in [5, 5.41) is 3.67. The fourth-order valence-corrected chi connectivity index (χ4v) is 3.03. The Morgan fingerprint density at radius 3 is 2.71 bits per heavy atom. The van der Waals surface area contributed by atoms with Gasteiger partial charge in [0.05, 0.1) is 0 Å². The van der Waals surface area contributed by atoms with Crippen LogP contribution in [0.2, 0.25) is 0 Å². The summed E-state index contributed by atoms with van der Waals surface area (Å²) in [6, 6.07) is 9.34. The summed E-state index contributed by atoms with van der Waals surface area (Å²) >= 11 is 1.48. The molecule has 3 N–H and O–H groups in total. The second kappa shape index (κ2) is 6.63. The molecule has 21 heavy (non-hydrogen) atoms. The van der Waals surface area contributed by atoms with Crippen molar-refractivity contribution in [2.24, 2.45) is 0 Å². The summed E-state index contributed by atoms with van der Waals surface area (Å²) in [5.74, 6) is -0.0901. The molecule has 0 spiro atoms. The Morgan fingerprint density at radius 2 is 2.05 bits per heavy atom. The quantitative estimate of drug-likeness (QED) is 0.851. The number of nitrogens with one attached hydrogen (secondary N) is 1. The second-order valence-electron chi connectivity index (χ2n) is 4.84. The number of anilines is 1. The van der Waals surface area contributed by atoms with Crippen molar-refractivity contribution >= 4 is 23.4 Å². The number of nitrogens with two attached hydrogens (primary N) is 1. The Balaban J connectivity index is 2.30. The number of pyridine rings is 1. The zero-order valence-corrected chi connectivity index (χ0v) is 13.3. The van der Waals surface area contributed by atoms with E-state index >= 15 is 0 Å². The number of nitrogens with zero attached hydrogens (tertiary/aromatic N) is 1. The van der Waals surface area contributed by atoms with E-state index in [0.29, 0.717) is 17.8 Å². The molecule has 2 aromatic rings. The lowest BCUT2D eigenvalue weighted by Crippen LogP contribution is -2.22. The molecule has 0 bridgehead atoms. The van der Waals surface area contributed by atoms with E-state index in [1.54, 1.807) is 12.1 Å². The van der Waals surface area contributed by atoms with E-state index in [9.17, 15) is 4.79 Å². The predicted molar refractivity (Wildman–Crippen MR) is 86.7 cm³/mol. The van der Waals surface area contributed by atoms with Crippen LogP contribution in [0, 0.1) is 13.8 Å². The lowest BCUT2D eigenvalue weighted by molar-refractivity contribution is 0.0955. The van der Waals surface area contributed by atoms with Crippen molar-refractivity contribution in [1.29, 1.82) is 0 Å². The molecule has 0 fully saturated rings. The van der Waals surface area contributed by atoms with Gasteiger partial charge in [0.25, 0.3) is 5.91 Å². The molecule has 5 heteroatoms. The molecule has 110 valence electrons. The third-order valence-corrected chi connectivity index (χ3v) is 3.89. The first-order valence-electron chi connectivity index (χ1n) is 6.80. The molecule has 1 heterocycles. The molecule has 4 nitrogen and oxygen atoms in total. The molecule has 1 amide bonds. The third kappa shape index (κ3) is 3.98. The van der Waals surface area contributed by atoms with E-state index < -0.39 is 0 Å². The Kier molecular flexibility index (Phi) is 4.85. The van der Waals surface area contributed by atoms with Crippen LogP contribution in [0.15, 0.2) is 40.3 Å². The Hall–Kier alpha value is -2.01. The number of benzene rings is 1. The fraction of sp³-hybridized carbons (Fsp3) is 0.250. The van der Waals surface area contributed by atoms with Crippen LogP contribution < -0.4 is 11.1 Å². The van der Waals surface area contributed by atoms with Gasteiger partial charge < -0.3 is 11.1 Å². The van der Waals surface area contributed by atoms with Crippen LogP contribution in [0.4, 0.5) is 5.69 Å². The molecule has 0 aliphatic heterocycles. The van der Waals surface area contributed by atoms with Gasteiger partial charge in [0.2, 0.25) is 0 Å². The van der Waals surface area contributed by atoms with Crippen LogP contribution in [-0.4, -0.2) is 17.4 Å². The van der Waals surface area contributed by atoms with Crippen LogP contribution in [0.3, 0.4) is 0 Å². The number of rotatable bonds is 4. The number of hydrogen-bond acceptors (Lipinski definition) is 4. The van der Waals surface area contributed by atoms with Gasteiger partial charge in [-0.25, -0.2) is 4.98 Å². The van der Waals surface area contributed by atoms with Gasteiger partial charge in [-0.1, -0.05) is 11.8 Å². The van der Waals surface area contributed by atoms with Crippen molar-refractivity contribution in [3.05, 3.63) is 47.2 Å². The van der Waals surface area contributed by atoms with E-state index in [1.807, 2.05) is 39.0 Å². The molecule has 0 radical (unpaired) electrons. The average Bonchev–Trinajstić information content (AvgIpc) is 2.40. The minimum atomic E-state index is -0.0901. The van der Waals surface area contributed by atoms with Crippen molar-refractivity contribution in [3.8, 4) is 0 Å². The van der Waals surface area contributed by atoms with E-state index in [2.05, 4.69) is 10.3 Å². The van der Waals surface area contributed by atoms with Crippen LogP contribution in [-0.2, 0) is 0 Å². The summed E-state index contributed by atoms with van der Waals surface area (Å²) in [4.78, 5) is 17.2. The van der Waals surface area contributed by atoms with Crippen LogP contribution >= 0.6 is 11.8 Å². The van der Waals surface area contributed by atoms with E-state index in [4.69, 9.17) is 5.73 Å². The standard InChI is InChI=1S/C16H19N3OS/c1-4-18-16(20)12-5-6-13(17)14(9-12)21-15-8-10(2)7-11(3)19-15/h5-9H,4,17H2,1-3H3,(H,18,20). The van der Waals surface area contributed by atoms with E-state index in [-0.39, 0.29) is 5.91 Å². The van der Waals surface area contributed by atoms with Gasteiger partial charge in [-0.3, -0.25) is 4.79 Å². The minimum absolute atomic E-state index is 0.0901. The Morgan fingerprint density at radius 1 is 1.29 bits per heavy atom. The highest BCUT2D eigenvalue weighted by atomic mass is 32.2. The van der Waals surface area contributed by atoms with Gasteiger partial charge in [0.1, 0.15) is 5.03 Å². The molecule has 1 aromatic heterocycles. The van der Waals surface area contributed by atoms with Crippen molar-refractivity contribution in [2.45, 2.75) is 30.7 Å². The Labute approximate surface area is 129 Å². The molecule has 1 aromatic carbocycles. The topological polar surface area (TPSA) is 68.0 Å². The Bertz CT molecular complexity index is 650. The first-order chi connectivity index (χ1) is 9.99. The van der Waals surface area contributed by atoms with E-state index in [0.717, 1.165) is 21.2 Å². The van der Waals surface area contributed by atoms with Crippen LogP contribution in [0.5, 0.6) is 0 Å². The average molecular weight is 301 g/mol. The smallest absolute Gasteiger partial charge is 0.251 e. The molecule has 0 saturated carbocycles. The maximum Gasteiger partial charge on any atom is 0.251 e. The minimum Gasteiger partial charge on any atom is -0.398 e. The zero-order valence-electron chi connectivity index (χ0n) is 12.4. The van der Waals surface area contributed by atoms with Crippen molar-refractivity contribution in [1.82, 2.24) is 10.3 Å². The third-order valence-electron chi connectivity index (χ3n) is 2.90. The molecule has 0 atom stereocenters. The summed E-state index contributed by atoms with van der Waals surface area (Å²) in [5.41, 5.74) is 9.39. The molecule has 2 rings (SSSR count). The maximum absolute atomic E-state index is 11.9. The lowest BCUT2D eigenvalue weighted by atomic mass is 10.2.